The summed E-state index contributed by atoms with van der Waals surface area (Å²) in [6, 6.07) is 17.0. The van der Waals surface area contributed by atoms with Gasteiger partial charge in [0.2, 0.25) is 5.43 Å². The van der Waals surface area contributed by atoms with Crippen molar-refractivity contribution in [3.63, 3.8) is 0 Å². The molecule has 4 aromatic rings. The van der Waals surface area contributed by atoms with E-state index in [1.165, 1.54) is 11.3 Å². The Kier molecular flexibility index (Phi) is 4.17. The van der Waals surface area contributed by atoms with E-state index in [2.05, 4.69) is 0 Å². The molecule has 0 spiro atoms. The number of hydrogen-bond donors (Lipinski definition) is 0. The number of fused-ring (bicyclic) bond motifs is 2. The SMILES string of the molecule is CCC(C)n1c(-c2ccccc2)nc2sc3ccccc3c(=O)c2c1=O. The molecule has 5 heteroatoms. The molecule has 0 aliphatic rings. The summed E-state index contributed by atoms with van der Waals surface area (Å²) in [5, 5.41) is 0.765. The lowest BCUT2D eigenvalue weighted by molar-refractivity contribution is 0.517. The number of benzene rings is 2. The summed E-state index contributed by atoms with van der Waals surface area (Å²) in [5.74, 6) is 0.614. The maximum Gasteiger partial charge on any atom is 0.266 e. The van der Waals surface area contributed by atoms with Crippen LogP contribution in [0.3, 0.4) is 0 Å². The van der Waals surface area contributed by atoms with Crippen LogP contribution in [-0.4, -0.2) is 9.55 Å². The topological polar surface area (TPSA) is 52.0 Å². The molecule has 0 aliphatic heterocycles. The lowest BCUT2D eigenvalue weighted by Gasteiger charge is -2.18. The number of hydrogen-bond acceptors (Lipinski definition) is 4. The standard InChI is InChI=1S/C21H18N2O2S/c1-3-13(2)23-19(14-9-5-4-6-10-14)22-20-17(21(23)25)18(24)15-11-7-8-12-16(15)26-20/h4-13H,3H2,1-2H3. The Balaban J connectivity index is 2.20. The van der Waals surface area contributed by atoms with E-state index < -0.39 is 0 Å². The summed E-state index contributed by atoms with van der Waals surface area (Å²) < 4.78 is 2.51. The van der Waals surface area contributed by atoms with Crippen LogP contribution in [0, 0.1) is 0 Å². The van der Waals surface area contributed by atoms with Gasteiger partial charge in [-0.2, -0.15) is 0 Å². The van der Waals surface area contributed by atoms with Gasteiger partial charge in [0.25, 0.3) is 5.56 Å². The second-order valence-electron chi connectivity index (χ2n) is 6.34. The largest absolute Gasteiger partial charge is 0.289 e. The highest BCUT2D eigenvalue weighted by Crippen LogP contribution is 2.26. The van der Waals surface area contributed by atoms with Gasteiger partial charge in [-0.05, 0) is 25.5 Å². The Morgan fingerprint density at radius 3 is 2.46 bits per heavy atom. The third kappa shape index (κ3) is 2.56. The molecule has 0 amide bonds. The van der Waals surface area contributed by atoms with Gasteiger partial charge in [0, 0.05) is 21.7 Å². The first-order valence-corrected chi connectivity index (χ1v) is 9.47. The molecule has 4 rings (SSSR count). The lowest BCUT2D eigenvalue weighted by atomic mass is 10.1. The highest BCUT2D eigenvalue weighted by molar-refractivity contribution is 7.24. The minimum absolute atomic E-state index is 0.0505. The molecular weight excluding hydrogens is 344 g/mol. The molecule has 0 N–H and O–H groups in total. The molecule has 1 atom stereocenters. The molecule has 0 saturated heterocycles. The average molecular weight is 362 g/mol. The van der Waals surface area contributed by atoms with Crippen LogP contribution in [0.25, 0.3) is 31.7 Å². The minimum atomic E-state index is -0.254. The van der Waals surface area contributed by atoms with Gasteiger partial charge in [-0.25, -0.2) is 4.98 Å². The van der Waals surface area contributed by atoms with Crippen LogP contribution < -0.4 is 11.0 Å². The fourth-order valence-corrected chi connectivity index (χ4v) is 4.19. The molecular formula is C21H18N2O2S. The Bertz CT molecular complexity index is 1230. The normalized spacial score (nSPS) is 12.5. The maximum atomic E-state index is 13.3. The van der Waals surface area contributed by atoms with Crippen molar-refractivity contribution in [2.45, 2.75) is 26.3 Å². The van der Waals surface area contributed by atoms with Crippen LogP contribution in [-0.2, 0) is 0 Å². The smallest absolute Gasteiger partial charge is 0.266 e. The van der Waals surface area contributed by atoms with Gasteiger partial charge in [0.05, 0.1) is 0 Å². The molecule has 2 aromatic carbocycles. The van der Waals surface area contributed by atoms with Crippen LogP contribution in [0.15, 0.2) is 64.2 Å². The van der Waals surface area contributed by atoms with Crippen LogP contribution >= 0.6 is 11.3 Å². The molecule has 2 aromatic heterocycles. The van der Waals surface area contributed by atoms with E-state index in [1.54, 1.807) is 10.6 Å². The first kappa shape index (κ1) is 16.7. The number of aromatic nitrogens is 2. The fraction of sp³-hybridized carbons (Fsp3) is 0.190. The first-order valence-electron chi connectivity index (χ1n) is 8.65. The molecule has 2 heterocycles. The molecule has 0 fully saturated rings. The van der Waals surface area contributed by atoms with Gasteiger partial charge in [-0.1, -0.05) is 49.4 Å². The van der Waals surface area contributed by atoms with Crippen LogP contribution in [0.1, 0.15) is 26.3 Å². The van der Waals surface area contributed by atoms with Crippen molar-refractivity contribution in [2.75, 3.05) is 0 Å². The zero-order valence-electron chi connectivity index (χ0n) is 14.6. The molecule has 0 saturated carbocycles. The molecule has 0 radical (unpaired) electrons. The van der Waals surface area contributed by atoms with E-state index in [9.17, 15) is 9.59 Å². The van der Waals surface area contributed by atoms with Gasteiger partial charge in [0.1, 0.15) is 16.0 Å². The van der Waals surface area contributed by atoms with Crippen molar-refractivity contribution in [1.29, 1.82) is 0 Å². The van der Waals surface area contributed by atoms with Crippen molar-refractivity contribution in [1.82, 2.24) is 9.55 Å². The predicted molar refractivity (Wildman–Crippen MR) is 108 cm³/mol. The van der Waals surface area contributed by atoms with Gasteiger partial charge in [-0.15, -0.1) is 11.3 Å². The molecule has 0 bridgehead atoms. The van der Waals surface area contributed by atoms with E-state index >= 15 is 0 Å². The fourth-order valence-electron chi connectivity index (χ4n) is 3.15. The Morgan fingerprint density at radius 1 is 1.04 bits per heavy atom. The summed E-state index contributed by atoms with van der Waals surface area (Å²) in [6.45, 7) is 4.01. The van der Waals surface area contributed by atoms with Crippen molar-refractivity contribution >= 4 is 31.6 Å². The molecule has 26 heavy (non-hydrogen) atoms. The lowest BCUT2D eigenvalue weighted by Crippen LogP contribution is -2.29. The van der Waals surface area contributed by atoms with Crippen LogP contribution in [0.5, 0.6) is 0 Å². The Morgan fingerprint density at radius 2 is 1.73 bits per heavy atom. The monoisotopic (exact) mass is 362 g/mol. The minimum Gasteiger partial charge on any atom is -0.289 e. The summed E-state index contributed by atoms with van der Waals surface area (Å²) in [5.41, 5.74) is 0.387. The quantitative estimate of drug-likeness (QED) is 0.500. The summed E-state index contributed by atoms with van der Waals surface area (Å²) in [7, 11) is 0. The first-order chi connectivity index (χ1) is 12.6. The van der Waals surface area contributed by atoms with E-state index in [4.69, 9.17) is 4.98 Å². The van der Waals surface area contributed by atoms with Gasteiger partial charge in [-0.3, -0.25) is 14.2 Å². The Labute approximate surface area is 154 Å². The highest BCUT2D eigenvalue weighted by Gasteiger charge is 2.19. The molecule has 0 aliphatic carbocycles. The second kappa shape index (κ2) is 6.50. The second-order valence-corrected chi connectivity index (χ2v) is 7.37. The third-order valence-corrected chi connectivity index (χ3v) is 5.78. The van der Waals surface area contributed by atoms with Crippen molar-refractivity contribution in [3.8, 4) is 11.4 Å². The molecule has 1 unspecified atom stereocenters. The van der Waals surface area contributed by atoms with E-state index in [-0.39, 0.29) is 22.4 Å². The summed E-state index contributed by atoms with van der Waals surface area (Å²) in [6.07, 6.45) is 0.776. The maximum absolute atomic E-state index is 13.3. The predicted octanol–water partition coefficient (Wildman–Crippen LogP) is 4.61. The van der Waals surface area contributed by atoms with E-state index in [0.29, 0.717) is 16.0 Å². The average Bonchev–Trinajstić information content (AvgIpc) is 2.68. The van der Waals surface area contributed by atoms with Crippen molar-refractivity contribution in [2.24, 2.45) is 0 Å². The van der Waals surface area contributed by atoms with Gasteiger partial charge in [0.15, 0.2) is 0 Å². The Hall–Kier alpha value is -2.79. The van der Waals surface area contributed by atoms with Gasteiger partial charge < -0.3 is 0 Å². The zero-order valence-corrected chi connectivity index (χ0v) is 15.4. The summed E-state index contributed by atoms with van der Waals surface area (Å²) >= 11 is 1.39. The zero-order chi connectivity index (χ0) is 18.3. The van der Waals surface area contributed by atoms with Crippen LogP contribution in [0.2, 0.25) is 0 Å². The number of nitrogens with zero attached hydrogens (tertiary/aromatic N) is 2. The molecule has 130 valence electrons. The van der Waals surface area contributed by atoms with Crippen molar-refractivity contribution in [3.05, 3.63) is 75.2 Å². The van der Waals surface area contributed by atoms with Gasteiger partial charge >= 0.3 is 0 Å². The number of rotatable bonds is 3. The third-order valence-electron chi connectivity index (χ3n) is 4.71. The van der Waals surface area contributed by atoms with Crippen LogP contribution in [0.4, 0.5) is 0 Å². The van der Waals surface area contributed by atoms with E-state index in [0.717, 1.165) is 16.7 Å². The molecule has 4 nitrogen and oxygen atoms in total. The van der Waals surface area contributed by atoms with E-state index in [1.807, 2.05) is 62.4 Å². The highest BCUT2D eigenvalue weighted by atomic mass is 32.1. The van der Waals surface area contributed by atoms with Crippen molar-refractivity contribution < 1.29 is 0 Å². The summed E-state index contributed by atoms with van der Waals surface area (Å²) in [4.78, 5) is 31.6.